The predicted molar refractivity (Wildman–Crippen MR) is 51.5 cm³/mol. The SMILES string of the molecule is CC(N)c1csc(CS(N)(=O)=O)n1. The van der Waals surface area contributed by atoms with Crippen LogP contribution in [0.15, 0.2) is 5.38 Å². The van der Waals surface area contributed by atoms with Crippen LogP contribution in [0.1, 0.15) is 23.7 Å². The molecule has 1 unspecified atom stereocenters. The number of nitrogens with zero attached hydrogens (tertiary/aromatic N) is 1. The third-order valence-corrected chi connectivity index (χ3v) is 3.09. The molecule has 0 radical (unpaired) electrons. The average Bonchev–Trinajstić information content (AvgIpc) is 2.31. The molecule has 4 N–H and O–H groups in total. The Hall–Kier alpha value is -0.500. The van der Waals surface area contributed by atoms with Crippen LogP contribution in [0, 0.1) is 0 Å². The zero-order valence-electron chi connectivity index (χ0n) is 7.10. The maximum Gasteiger partial charge on any atom is 0.215 e. The maximum atomic E-state index is 10.7. The topological polar surface area (TPSA) is 99.1 Å². The lowest BCUT2D eigenvalue weighted by Gasteiger charge is -1.97. The minimum atomic E-state index is -3.48. The normalized spacial score (nSPS) is 14.4. The lowest BCUT2D eigenvalue weighted by molar-refractivity contribution is 0.596. The Kier molecular flexibility index (Phi) is 3.01. The van der Waals surface area contributed by atoms with Gasteiger partial charge in [-0.05, 0) is 6.92 Å². The van der Waals surface area contributed by atoms with Gasteiger partial charge in [-0.2, -0.15) is 0 Å². The van der Waals surface area contributed by atoms with E-state index in [2.05, 4.69) is 4.98 Å². The summed E-state index contributed by atoms with van der Waals surface area (Å²) in [6, 6.07) is -0.175. The summed E-state index contributed by atoms with van der Waals surface area (Å²) in [5.74, 6) is -0.218. The summed E-state index contributed by atoms with van der Waals surface area (Å²) >= 11 is 1.25. The van der Waals surface area contributed by atoms with Crippen LogP contribution < -0.4 is 10.9 Å². The number of sulfonamides is 1. The summed E-state index contributed by atoms with van der Waals surface area (Å²) in [6.45, 7) is 1.79. The van der Waals surface area contributed by atoms with Crippen molar-refractivity contribution >= 4 is 21.4 Å². The second kappa shape index (κ2) is 3.70. The first kappa shape index (κ1) is 10.6. The molecule has 1 atom stereocenters. The summed E-state index contributed by atoms with van der Waals surface area (Å²) in [4.78, 5) is 4.03. The molecule has 0 aliphatic rings. The van der Waals surface area contributed by atoms with E-state index in [0.717, 1.165) is 0 Å². The summed E-state index contributed by atoms with van der Waals surface area (Å²) in [5.41, 5.74) is 6.25. The number of rotatable bonds is 3. The number of thiazole rings is 1. The van der Waals surface area contributed by atoms with E-state index in [0.29, 0.717) is 10.7 Å². The van der Waals surface area contributed by atoms with Gasteiger partial charge < -0.3 is 5.73 Å². The van der Waals surface area contributed by atoms with E-state index in [9.17, 15) is 8.42 Å². The monoisotopic (exact) mass is 221 g/mol. The second-order valence-electron chi connectivity index (χ2n) is 2.76. The van der Waals surface area contributed by atoms with Crippen molar-refractivity contribution in [2.24, 2.45) is 10.9 Å². The highest BCUT2D eigenvalue weighted by Crippen LogP contribution is 2.15. The largest absolute Gasteiger partial charge is 0.323 e. The van der Waals surface area contributed by atoms with E-state index in [4.69, 9.17) is 10.9 Å². The first-order chi connectivity index (χ1) is 5.88. The maximum absolute atomic E-state index is 10.7. The molecule has 0 bridgehead atoms. The highest BCUT2D eigenvalue weighted by Gasteiger charge is 2.10. The fourth-order valence-corrected chi connectivity index (χ4v) is 2.63. The van der Waals surface area contributed by atoms with E-state index in [1.54, 1.807) is 12.3 Å². The summed E-state index contributed by atoms with van der Waals surface area (Å²) < 4.78 is 21.4. The third kappa shape index (κ3) is 3.39. The van der Waals surface area contributed by atoms with Crippen molar-refractivity contribution in [3.63, 3.8) is 0 Å². The number of nitrogens with two attached hydrogens (primary N) is 2. The Morgan fingerprint density at radius 2 is 2.31 bits per heavy atom. The van der Waals surface area contributed by atoms with Gasteiger partial charge >= 0.3 is 0 Å². The van der Waals surface area contributed by atoms with Gasteiger partial charge in [-0.25, -0.2) is 18.5 Å². The van der Waals surface area contributed by atoms with Gasteiger partial charge in [0, 0.05) is 11.4 Å². The average molecular weight is 221 g/mol. The molecule has 7 heteroatoms. The highest BCUT2D eigenvalue weighted by atomic mass is 32.2. The van der Waals surface area contributed by atoms with Gasteiger partial charge in [-0.1, -0.05) is 0 Å². The molecule has 0 aromatic carbocycles. The van der Waals surface area contributed by atoms with Crippen LogP contribution in [0.25, 0.3) is 0 Å². The van der Waals surface area contributed by atoms with Crippen LogP contribution in [0.5, 0.6) is 0 Å². The van der Waals surface area contributed by atoms with Crippen molar-refractivity contribution in [2.45, 2.75) is 18.7 Å². The van der Waals surface area contributed by atoms with Gasteiger partial charge in [0.2, 0.25) is 10.0 Å². The Balaban J connectivity index is 2.81. The molecular formula is C6H11N3O2S2. The number of hydrogen-bond acceptors (Lipinski definition) is 5. The Labute approximate surface area is 80.8 Å². The molecule has 0 saturated heterocycles. The van der Waals surface area contributed by atoms with Crippen molar-refractivity contribution in [3.8, 4) is 0 Å². The minimum Gasteiger partial charge on any atom is -0.323 e. The molecule has 5 nitrogen and oxygen atoms in total. The molecule has 0 spiro atoms. The fraction of sp³-hybridized carbons (Fsp3) is 0.500. The van der Waals surface area contributed by atoms with Crippen molar-refractivity contribution in [2.75, 3.05) is 0 Å². The standard InChI is InChI=1S/C6H11N3O2S2/c1-4(7)5-2-12-6(9-5)3-13(8,10)11/h2,4H,3,7H2,1H3,(H2,8,10,11). The van der Waals surface area contributed by atoms with E-state index in [1.165, 1.54) is 11.3 Å². The van der Waals surface area contributed by atoms with Crippen LogP contribution >= 0.6 is 11.3 Å². The molecule has 0 amide bonds. The molecule has 1 aromatic heterocycles. The summed E-state index contributed by atoms with van der Waals surface area (Å²) in [5, 5.41) is 7.08. The second-order valence-corrected chi connectivity index (χ2v) is 5.32. The van der Waals surface area contributed by atoms with Crippen LogP contribution in [-0.2, 0) is 15.8 Å². The molecule has 1 rings (SSSR count). The minimum absolute atomic E-state index is 0.175. The van der Waals surface area contributed by atoms with Crippen LogP contribution in [0.3, 0.4) is 0 Å². The Morgan fingerprint density at radius 3 is 2.69 bits per heavy atom. The van der Waals surface area contributed by atoms with Crippen molar-refractivity contribution in [1.82, 2.24) is 4.98 Å². The van der Waals surface area contributed by atoms with E-state index >= 15 is 0 Å². The van der Waals surface area contributed by atoms with E-state index < -0.39 is 10.0 Å². The van der Waals surface area contributed by atoms with Crippen molar-refractivity contribution < 1.29 is 8.42 Å². The first-order valence-electron chi connectivity index (χ1n) is 3.59. The quantitative estimate of drug-likeness (QED) is 0.747. The molecule has 74 valence electrons. The molecular weight excluding hydrogens is 210 g/mol. The molecule has 0 saturated carbocycles. The number of aromatic nitrogens is 1. The number of primary sulfonamides is 1. The van der Waals surface area contributed by atoms with Crippen molar-refractivity contribution in [1.29, 1.82) is 0 Å². The van der Waals surface area contributed by atoms with Gasteiger partial charge in [-0.15, -0.1) is 11.3 Å². The molecule has 1 heterocycles. The highest BCUT2D eigenvalue weighted by molar-refractivity contribution is 7.88. The van der Waals surface area contributed by atoms with E-state index in [1.807, 2.05) is 0 Å². The zero-order valence-corrected chi connectivity index (χ0v) is 8.73. The summed E-state index contributed by atoms with van der Waals surface area (Å²) in [6.07, 6.45) is 0. The Bertz CT molecular complexity index is 382. The zero-order chi connectivity index (χ0) is 10.1. The third-order valence-electron chi connectivity index (χ3n) is 1.36. The lowest BCUT2D eigenvalue weighted by Crippen LogP contribution is -2.14. The van der Waals surface area contributed by atoms with Gasteiger partial charge in [-0.3, -0.25) is 0 Å². The predicted octanol–water partition coefficient (Wildman–Crippen LogP) is -0.0487. The molecule has 1 aromatic rings. The summed E-state index contributed by atoms with van der Waals surface area (Å²) in [7, 11) is -3.48. The van der Waals surface area contributed by atoms with E-state index in [-0.39, 0.29) is 11.8 Å². The number of hydrogen-bond donors (Lipinski definition) is 2. The van der Waals surface area contributed by atoms with Crippen molar-refractivity contribution in [3.05, 3.63) is 16.1 Å². The fourth-order valence-electron chi connectivity index (χ4n) is 0.773. The van der Waals surface area contributed by atoms with Gasteiger partial charge in [0.15, 0.2) is 0 Å². The molecule has 0 fully saturated rings. The first-order valence-corrected chi connectivity index (χ1v) is 6.18. The van der Waals surface area contributed by atoms with Crippen LogP contribution in [0.2, 0.25) is 0 Å². The van der Waals surface area contributed by atoms with Gasteiger partial charge in [0.05, 0.1) is 5.69 Å². The smallest absolute Gasteiger partial charge is 0.215 e. The lowest BCUT2D eigenvalue weighted by atomic mass is 10.3. The Morgan fingerprint density at radius 1 is 1.69 bits per heavy atom. The molecule has 13 heavy (non-hydrogen) atoms. The van der Waals surface area contributed by atoms with Crippen LogP contribution in [-0.4, -0.2) is 13.4 Å². The van der Waals surface area contributed by atoms with Gasteiger partial charge in [0.1, 0.15) is 10.8 Å². The van der Waals surface area contributed by atoms with Gasteiger partial charge in [0.25, 0.3) is 0 Å². The molecule has 0 aliphatic heterocycles. The molecule has 0 aliphatic carbocycles. The van der Waals surface area contributed by atoms with Crippen LogP contribution in [0.4, 0.5) is 0 Å².